The maximum Gasteiger partial charge on any atom is 0.573 e. The molecule has 2 atom stereocenters. The van der Waals surface area contributed by atoms with Crippen LogP contribution in [0.2, 0.25) is 0 Å². The van der Waals surface area contributed by atoms with Gasteiger partial charge >= 0.3 is 6.36 Å². The zero-order valence-corrected chi connectivity index (χ0v) is 13.0. The van der Waals surface area contributed by atoms with Crippen LogP contribution in [-0.2, 0) is 4.79 Å². The molecule has 1 aromatic rings. The standard InChI is InChI=1S/C16H19F3N2O3/c17-16(18,19)24-13-5-1-3-11(9-13)21-8-6-14(15(21)23)20-7-2-4-12(22)10-20/h1,3,5,9,12,14,22H,2,4,6-8,10H2. The van der Waals surface area contributed by atoms with Gasteiger partial charge in [-0.05, 0) is 37.9 Å². The summed E-state index contributed by atoms with van der Waals surface area (Å²) >= 11 is 0. The number of halogens is 3. The second-order valence-electron chi connectivity index (χ2n) is 6.13. The molecule has 2 aliphatic rings. The molecule has 5 nitrogen and oxygen atoms in total. The van der Waals surface area contributed by atoms with Crippen LogP contribution in [0.1, 0.15) is 19.3 Å². The molecule has 0 bridgehead atoms. The minimum atomic E-state index is -4.76. The minimum Gasteiger partial charge on any atom is -0.406 e. The van der Waals surface area contributed by atoms with Crippen molar-refractivity contribution in [3.05, 3.63) is 24.3 Å². The predicted molar refractivity (Wildman–Crippen MR) is 80.7 cm³/mol. The van der Waals surface area contributed by atoms with Crippen LogP contribution in [0.4, 0.5) is 18.9 Å². The molecular formula is C16H19F3N2O3. The lowest BCUT2D eigenvalue weighted by molar-refractivity contribution is -0.274. The maximum absolute atomic E-state index is 12.6. The number of amides is 1. The fourth-order valence-electron chi connectivity index (χ4n) is 3.37. The lowest BCUT2D eigenvalue weighted by atomic mass is 10.1. The number of alkyl halides is 3. The predicted octanol–water partition coefficient (Wildman–Crippen LogP) is 2.15. The van der Waals surface area contributed by atoms with Gasteiger partial charge < -0.3 is 14.7 Å². The summed E-state index contributed by atoms with van der Waals surface area (Å²) in [6.07, 6.45) is -3.03. The fraction of sp³-hybridized carbons (Fsp3) is 0.562. The largest absolute Gasteiger partial charge is 0.573 e. The average molecular weight is 344 g/mol. The van der Waals surface area contributed by atoms with Crippen molar-refractivity contribution in [1.29, 1.82) is 0 Å². The van der Waals surface area contributed by atoms with Crippen LogP contribution in [0.5, 0.6) is 5.75 Å². The van der Waals surface area contributed by atoms with Gasteiger partial charge in [-0.2, -0.15) is 0 Å². The summed E-state index contributed by atoms with van der Waals surface area (Å²) in [5, 5.41) is 9.76. The number of rotatable bonds is 3. The number of likely N-dealkylation sites (tertiary alicyclic amines) is 1. The molecule has 1 aromatic carbocycles. The highest BCUT2D eigenvalue weighted by molar-refractivity contribution is 5.99. The maximum atomic E-state index is 12.6. The Morgan fingerprint density at radius 2 is 2.00 bits per heavy atom. The molecule has 0 saturated carbocycles. The lowest BCUT2D eigenvalue weighted by Crippen LogP contribution is -2.48. The van der Waals surface area contributed by atoms with E-state index in [4.69, 9.17) is 0 Å². The Morgan fingerprint density at radius 3 is 2.71 bits per heavy atom. The molecule has 8 heteroatoms. The first-order valence-corrected chi connectivity index (χ1v) is 7.93. The molecule has 1 N–H and O–H groups in total. The third-order valence-electron chi connectivity index (χ3n) is 4.41. The summed E-state index contributed by atoms with van der Waals surface area (Å²) in [5.74, 6) is -0.488. The zero-order valence-electron chi connectivity index (χ0n) is 13.0. The Kier molecular flexibility index (Phi) is 4.69. The van der Waals surface area contributed by atoms with Crippen molar-refractivity contribution in [1.82, 2.24) is 4.90 Å². The summed E-state index contributed by atoms with van der Waals surface area (Å²) in [6, 6.07) is 5.12. The molecule has 2 unspecified atom stereocenters. The van der Waals surface area contributed by atoms with E-state index in [-0.39, 0.29) is 17.7 Å². The number of carbonyl (C=O) groups excluding carboxylic acids is 1. The van der Waals surface area contributed by atoms with Crippen LogP contribution in [0, 0.1) is 0 Å². The van der Waals surface area contributed by atoms with Gasteiger partial charge in [0, 0.05) is 24.8 Å². The SMILES string of the molecule is O=C1C(N2CCCC(O)C2)CCN1c1cccc(OC(F)(F)F)c1. The Labute approximate surface area is 137 Å². The number of aliphatic hydroxyl groups excluding tert-OH is 1. The molecule has 132 valence electrons. The molecule has 24 heavy (non-hydrogen) atoms. The number of aliphatic hydroxyl groups is 1. The first-order chi connectivity index (χ1) is 11.3. The van der Waals surface area contributed by atoms with Gasteiger partial charge in [0.1, 0.15) is 5.75 Å². The third-order valence-corrected chi connectivity index (χ3v) is 4.41. The lowest BCUT2D eigenvalue weighted by Gasteiger charge is -2.33. The molecule has 2 heterocycles. The van der Waals surface area contributed by atoms with Crippen molar-refractivity contribution in [2.75, 3.05) is 24.5 Å². The van der Waals surface area contributed by atoms with E-state index in [0.29, 0.717) is 25.2 Å². The average Bonchev–Trinajstić information content (AvgIpc) is 2.87. The molecule has 2 fully saturated rings. The van der Waals surface area contributed by atoms with Crippen LogP contribution in [-0.4, -0.2) is 54.1 Å². The molecule has 2 saturated heterocycles. The summed E-state index contributed by atoms with van der Waals surface area (Å²) in [5.41, 5.74) is 0.391. The van der Waals surface area contributed by atoms with E-state index in [1.165, 1.54) is 23.1 Å². The van der Waals surface area contributed by atoms with Crippen molar-refractivity contribution >= 4 is 11.6 Å². The first-order valence-electron chi connectivity index (χ1n) is 7.93. The van der Waals surface area contributed by atoms with E-state index in [1.807, 2.05) is 4.90 Å². The quantitative estimate of drug-likeness (QED) is 0.913. The highest BCUT2D eigenvalue weighted by atomic mass is 19.4. The van der Waals surface area contributed by atoms with Crippen molar-refractivity contribution in [2.24, 2.45) is 0 Å². The van der Waals surface area contributed by atoms with E-state index >= 15 is 0 Å². The Morgan fingerprint density at radius 1 is 1.21 bits per heavy atom. The van der Waals surface area contributed by atoms with Gasteiger partial charge in [0.15, 0.2) is 0 Å². The van der Waals surface area contributed by atoms with Gasteiger partial charge in [0.05, 0.1) is 12.1 Å². The number of ether oxygens (including phenoxy) is 1. The van der Waals surface area contributed by atoms with Gasteiger partial charge in [-0.1, -0.05) is 6.07 Å². The van der Waals surface area contributed by atoms with E-state index in [2.05, 4.69) is 4.74 Å². The Bertz CT molecular complexity index is 608. The van der Waals surface area contributed by atoms with Crippen molar-refractivity contribution < 1.29 is 27.8 Å². The second-order valence-corrected chi connectivity index (χ2v) is 6.13. The summed E-state index contributed by atoms with van der Waals surface area (Å²) in [6.45, 7) is 1.64. The highest BCUT2D eigenvalue weighted by Crippen LogP contribution is 2.30. The van der Waals surface area contributed by atoms with Crippen LogP contribution in [0.3, 0.4) is 0 Å². The Balaban J connectivity index is 1.72. The molecule has 3 rings (SSSR count). The fourth-order valence-corrected chi connectivity index (χ4v) is 3.37. The second kappa shape index (κ2) is 6.60. The summed E-state index contributed by atoms with van der Waals surface area (Å²) in [4.78, 5) is 16.1. The van der Waals surface area contributed by atoms with Gasteiger partial charge in [-0.3, -0.25) is 9.69 Å². The molecule has 1 amide bonds. The van der Waals surface area contributed by atoms with Crippen LogP contribution in [0.15, 0.2) is 24.3 Å². The number of piperidine rings is 1. The van der Waals surface area contributed by atoms with Gasteiger partial charge in [-0.25, -0.2) is 0 Å². The molecule has 0 aromatic heterocycles. The van der Waals surface area contributed by atoms with Gasteiger partial charge in [0.2, 0.25) is 5.91 Å². The number of benzene rings is 1. The highest BCUT2D eigenvalue weighted by Gasteiger charge is 2.38. The number of β-amino-alcohol motifs (C(OH)–C–C–N with tert-alkyl or cyclic N) is 1. The van der Waals surface area contributed by atoms with E-state index in [1.54, 1.807) is 6.07 Å². The zero-order chi connectivity index (χ0) is 17.3. The molecular weight excluding hydrogens is 325 g/mol. The van der Waals surface area contributed by atoms with Crippen molar-refractivity contribution in [3.63, 3.8) is 0 Å². The Hall–Kier alpha value is -1.80. The summed E-state index contributed by atoms with van der Waals surface area (Å²) in [7, 11) is 0. The third kappa shape index (κ3) is 3.81. The van der Waals surface area contributed by atoms with Crippen molar-refractivity contribution in [2.45, 2.75) is 37.8 Å². The topological polar surface area (TPSA) is 53.0 Å². The molecule has 2 aliphatic heterocycles. The summed E-state index contributed by atoms with van der Waals surface area (Å²) < 4.78 is 40.9. The van der Waals surface area contributed by atoms with Gasteiger partial charge in [0.25, 0.3) is 0 Å². The molecule has 0 radical (unpaired) electrons. The number of hydrogen-bond acceptors (Lipinski definition) is 4. The van der Waals surface area contributed by atoms with Crippen LogP contribution < -0.4 is 9.64 Å². The number of hydrogen-bond donors (Lipinski definition) is 1. The molecule has 0 spiro atoms. The van der Waals surface area contributed by atoms with Crippen molar-refractivity contribution in [3.8, 4) is 5.75 Å². The monoisotopic (exact) mass is 344 g/mol. The number of carbonyl (C=O) groups is 1. The number of nitrogens with zero attached hydrogens (tertiary/aromatic N) is 2. The van der Waals surface area contributed by atoms with Gasteiger partial charge in [-0.15, -0.1) is 13.2 Å². The smallest absolute Gasteiger partial charge is 0.406 e. The first kappa shape index (κ1) is 17.0. The van der Waals surface area contributed by atoms with Crippen LogP contribution >= 0.6 is 0 Å². The van der Waals surface area contributed by atoms with E-state index in [0.717, 1.165) is 19.4 Å². The molecule has 0 aliphatic carbocycles. The normalized spacial score (nSPS) is 26.0. The minimum absolute atomic E-state index is 0.145. The van der Waals surface area contributed by atoms with Crippen LogP contribution in [0.25, 0.3) is 0 Å². The van der Waals surface area contributed by atoms with E-state index in [9.17, 15) is 23.1 Å². The number of anilines is 1. The van der Waals surface area contributed by atoms with E-state index < -0.39 is 12.5 Å².